The van der Waals surface area contributed by atoms with Gasteiger partial charge in [-0.2, -0.15) is 23.1 Å². The van der Waals surface area contributed by atoms with Gasteiger partial charge in [-0.3, -0.25) is 9.88 Å². The Kier molecular flexibility index (Phi) is 7.84. The summed E-state index contributed by atoms with van der Waals surface area (Å²) in [5.74, 6) is -1.38. The number of pyridine rings is 1. The Bertz CT molecular complexity index is 2230. The third-order valence-corrected chi connectivity index (χ3v) is 13.2. The minimum absolute atomic E-state index is 0.00290. The number of piperidine rings is 1. The topological polar surface area (TPSA) is 109 Å². The Morgan fingerprint density at radius 1 is 1.10 bits per heavy atom. The number of benzene rings is 2. The van der Waals surface area contributed by atoms with E-state index in [2.05, 4.69) is 20.9 Å². The summed E-state index contributed by atoms with van der Waals surface area (Å²) in [5, 5.41) is 9.42. The molecule has 4 aliphatic rings. The number of aromatic hydroxyl groups is 1. The lowest BCUT2D eigenvalue weighted by molar-refractivity contribution is -0.0453. The Morgan fingerprint density at radius 3 is 2.55 bits per heavy atom. The van der Waals surface area contributed by atoms with Gasteiger partial charge in [0.15, 0.2) is 5.82 Å². The number of nitrogens with zero attached hydrogens (tertiary/aromatic N) is 5. The van der Waals surface area contributed by atoms with Crippen molar-refractivity contribution in [1.82, 2.24) is 19.9 Å². The normalized spacial score (nSPS) is 26.6. The summed E-state index contributed by atoms with van der Waals surface area (Å²) in [7, 11) is -5.45. The number of hydrogen-bond acceptors (Lipinski definition) is 9. The van der Waals surface area contributed by atoms with Crippen molar-refractivity contribution in [3.05, 3.63) is 47.7 Å². The summed E-state index contributed by atoms with van der Waals surface area (Å²) in [5.41, 5.74) is -6.82. The van der Waals surface area contributed by atoms with E-state index in [-0.39, 0.29) is 96.2 Å². The van der Waals surface area contributed by atoms with Crippen LogP contribution < -0.4 is 9.64 Å². The molecule has 4 fully saturated rings. The Labute approximate surface area is 288 Å². The summed E-state index contributed by atoms with van der Waals surface area (Å²) >= 11 is 0. The number of fused-ring (bicyclic) bond motifs is 5. The summed E-state index contributed by atoms with van der Waals surface area (Å²) < 4.78 is 118. The number of phenols is 1. The Balaban J connectivity index is 1.26. The van der Waals surface area contributed by atoms with E-state index in [4.69, 9.17) is 11.2 Å². The molecule has 8 rings (SSSR count). The molecule has 1 unspecified atom stereocenters. The van der Waals surface area contributed by atoms with Gasteiger partial charge in [-0.25, -0.2) is 21.6 Å². The SMILES string of the molecule is C#Cc1c(F)ccc2cc(O)cc(-c3ncc4c(N5C[C@H]6CC[C@@H](C5)C6S(=O)(=O)C(F)(F)F)nc(OC[C@@]56CCCN5C[C@H](F)C6)nc4c3F)c12. The number of terminal acetylenes is 1. The van der Waals surface area contributed by atoms with Gasteiger partial charge in [0.2, 0.25) is 0 Å². The van der Waals surface area contributed by atoms with Crippen LogP contribution >= 0.6 is 0 Å². The predicted octanol–water partition coefficient (Wildman–Crippen LogP) is 5.91. The van der Waals surface area contributed by atoms with E-state index >= 15 is 4.39 Å². The molecule has 51 heavy (non-hydrogen) atoms. The van der Waals surface area contributed by atoms with Crippen LogP contribution in [0.15, 0.2) is 30.5 Å². The van der Waals surface area contributed by atoms with Gasteiger partial charge in [-0.1, -0.05) is 12.0 Å². The van der Waals surface area contributed by atoms with Crippen LogP contribution in [0.3, 0.4) is 0 Å². The Morgan fingerprint density at radius 2 is 1.84 bits per heavy atom. The zero-order valence-corrected chi connectivity index (χ0v) is 27.7. The fourth-order valence-corrected chi connectivity index (χ4v) is 10.7. The van der Waals surface area contributed by atoms with Crippen molar-refractivity contribution < 1.29 is 44.6 Å². The Hall–Kier alpha value is -4.36. The maximum atomic E-state index is 16.9. The van der Waals surface area contributed by atoms with Gasteiger partial charge in [0.25, 0.3) is 9.84 Å². The molecule has 1 N–H and O–H groups in total. The first-order chi connectivity index (χ1) is 24.2. The highest BCUT2D eigenvalue weighted by Crippen LogP contribution is 2.48. The number of aromatic nitrogens is 3. The number of halogens is 6. The number of hydrogen-bond donors (Lipinski definition) is 1. The molecule has 0 radical (unpaired) electrons. The van der Waals surface area contributed by atoms with Crippen molar-refractivity contribution in [3.8, 4) is 35.4 Å². The second-order valence-corrected chi connectivity index (χ2v) is 16.1. The number of phenolic OH excluding ortho intramolecular Hbond substituents is 1. The van der Waals surface area contributed by atoms with E-state index in [0.29, 0.717) is 18.4 Å². The van der Waals surface area contributed by atoms with E-state index in [1.165, 1.54) is 24.4 Å². The maximum Gasteiger partial charge on any atom is 0.497 e. The van der Waals surface area contributed by atoms with Gasteiger partial charge in [-0.15, -0.1) is 6.42 Å². The zero-order valence-electron chi connectivity index (χ0n) is 26.9. The fraction of sp³-hybridized carbons (Fsp3) is 0.457. The van der Waals surface area contributed by atoms with Crippen LogP contribution in [0.25, 0.3) is 32.9 Å². The molecule has 1 aliphatic carbocycles. The maximum absolute atomic E-state index is 16.9. The average molecular weight is 732 g/mol. The molecule has 2 bridgehead atoms. The van der Waals surface area contributed by atoms with E-state index in [0.717, 1.165) is 12.5 Å². The van der Waals surface area contributed by atoms with Crippen molar-refractivity contribution >= 4 is 37.3 Å². The van der Waals surface area contributed by atoms with E-state index in [1.807, 2.05) is 4.90 Å². The molecular formula is C35H31F6N5O4S. The number of anilines is 1. The quantitative estimate of drug-likeness (QED) is 0.191. The van der Waals surface area contributed by atoms with E-state index < -0.39 is 55.8 Å². The predicted molar refractivity (Wildman–Crippen MR) is 176 cm³/mol. The highest BCUT2D eigenvalue weighted by molar-refractivity contribution is 7.92. The lowest BCUT2D eigenvalue weighted by Crippen LogP contribution is -2.51. The molecule has 4 aromatic rings. The molecule has 5 heterocycles. The van der Waals surface area contributed by atoms with Gasteiger partial charge < -0.3 is 14.7 Å². The summed E-state index contributed by atoms with van der Waals surface area (Å²) in [6, 6.07) is 4.78. The van der Waals surface area contributed by atoms with Crippen LogP contribution in [0, 0.1) is 35.8 Å². The molecule has 3 aliphatic heterocycles. The molecule has 16 heteroatoms. The van der Waals surface area contributed by atoms with Gasteiger partial charge in [-0.05, 0) is 67.6 Å². The van der Waals surface area contributed by atoms with Gasteiger partial charge >= 0.3 is 11.5 Å². The first-order valence-corrected chi connectivity index (χ1v) is 18.1. The van der Waals surface area contributed by atoms with Gasteiger partial charge in [0.1, 0.15) is 41.4 Å². The smallest absolute Gasteiger partial charge is 0.497 e. The number of sulfone groups is 1. The molecule has 9 nitrogen and oxygen atoms in total. The zero-order chi connectivity index (χ0) is 36.0. The fourth-order valence-electron chi connectivity index (χ4n) is 8.92. The van der Waals surface area contributed by atoms with Gasteiger partial charge in [0, 0.05) is 43.2 Å². The third kappa shape index (κ3) is 5.34. The highest BCUT2D eigenvalue weighted by Gasteiger charge is 2.59. The summed E-state index contributed by atoms with van der Waals surface area (Å²) in [6.07, 6.45) is 8.07. The van der Waals surface area contributed by atoms with Crippen molar-refractivity contribution in [2.75, 3.05) is 37.7 Å². The molecule has 1 saturated carbocycles. The number of alkyl halides is 4. The third-order valence-electron chi connectivity index (χ3n) is 11.1. The molecule has 0 spiro atoms. The highest BCUT2D eigenvalue weighted by atomic mass is 32.2. The lowest BCUT2D eigenvalue weighted by atomic mass is 9.95. The summed E-state index contributed by atoms with van der Waals surface area (Å²) in [6.45, 7) is 0.710. The van der Waals surface area contributed by atoms with Crippen LogP contribution in [0.1, 0.15) is 37.7 Å². The minimum Gasteiger partial charge on any atom is -0.508 e. The van der Waals surface area contributed by atoms with Crippen LogP contribution in [-0.4, -0.2) is 88.6 Å². The first kappa shape index (κ1) is 33.8. The summed E-state index contributed by atoms with van der Waals surface area (Å²) in [4.78, 5) is 17.0. The first-order valence-electron chi connectivity index (χ1n) is 16.6. The molecular weight excluding hydrogens is 700 g/mol. The molecule has 2 aromatic heterocycles. The van der Waals surface area contributed by atoms with E-state index in [9.17, 15) is 35.5 Å². The molecule has 268 valence electrons. The lowest BCUT2D eigenvalue weighted by Gasteiger charge is -2.38. The second kappa shape index (κ2) is 11.8. The van der Waals surface area contributed by atoms with Crippen molar-refractivity contribution in [3.63, 3.8) is 0 Å². The minimum atomic E-state index is -5.45. The van der Waals surface area contributed by atoms with Crippen LogP contribution in [0.4, 0.5) is 32.2 Å². The standard InChI is InChI=1S/C35H31F6N5O4S/c1-2-23-26(37)7-6-18-10-22(47)11-24(27(18)23)29-28(38)30-25(13-42-29)32(44-33(43-30)50-17-34-8-3-9-46(34)16-21(36)12-34)45-14-19-4-5-20(15-45)31(19)51(48,49)35(39,40)41/h1,6-7,10-11,13,19-21,31,47H,3-5,8-9,12,14-17H2/t19-,20+,21-,31?,34+/m1/s1. The van der Waals surface area contributed by atoms with Crippen LogP contribution in [-0.2, 0) is 9.84 Å². The van der Waals surface area contributed by atoms with Gasteiger partial charge in [0.05, 0.1) is 21.7 Å². The molecule has 2 aromatic carbocycles. The molecule has 0 amide bonds. The molecule has 3 saturated heterocycles. The second-order valence-electron chi connectivity index (χ2n) is 14.0. The monoisotopic (exact) mass is 731 g/mol. The number of rotatable bonds is 6. The average Bonchev–Trinajstić information content (AvgIpc) is 3.70. The van der Waals surface area contributed by atoms with Crippen molar-refractivity contribution in [2.24, 2.45) is 11.8 Å². The van der Waals surface area contributed by atoms with Crippen molar-refractivity contribution in [1.29, 1.82) is 0 Å². The number of ether oxygens (including phenoxy) is 1. The van der Waals surface area contributed by atoms with Crippen LogP contribution in [0.2, 0.25) is 0 Å². The van der Waals surface area contributed by atoms with Crippen molar-refractivity contribution in [2.45, 2.75) is 54.6 Å². The largest absolute Gasteiger partial charge is 0.508 e. The van der Waals surface area contributed by atoms with Crippen LogP contribution in [0.5, 0.6) is 11.8 Å². The van der Waals surface area contributed by atoms with E-state index in [1.54, 1.807) is 4.90 Å². The molecule has 5 atom stereocenters.